The monoisotopic (exact) mass is 261 g/mol. The molecule has 2 fully saturated rings. The molecule has 19 heavy (non-hydrogen) atoms. The maximum Gasteiger partial charge on any atom is 0.410 e. The molecule has 4 heteroatoms. The molecule has 1 saturated heterocycles. The standard InChI is InChI=1S/C15H19NO3/c17-13-6-7-15(13)8-9-16(11-15)14(18)19-10-12-4-2-1-3-5-12/h1-5,13,17H,6-11H2. The second-order valence-corrected chi connectivity index (χ2v) is 5.63. The molecule has 1 saturated carbocycles. The Balaban J connectivity index is 1.52. The van der Waals surface area contributed by atoms with Gasteiger partial charge in [-0.15, -0.1) is 0 Å². The van der Waals surface area contributed by atoms with Gasteiger partial charge < -0.3 is 14.7 Å². The van der Waals surface area contributed by atoms with Crippen molar-refractivity contribution in [3.63, 3.8) is 0 Å². The molecule has 1 heterocycles. The molecule has 3 rings (SSSR count). The van der Waals surface area contributed by atoms with E-state index in [2.05, 4.69) is 0 Å². The van der Waals surface area contributed by atoms with Gasteiger partial charge in [0, 0.05) is 18.5 Å². The van der Waals surface area contributed by atoms with Crippen LogP contribution in [0.15, 0.2) is 30.3 Å². The van der Waals surface area contributed by atoms with E-state index in [0.29, 0.717) is 19.7 Å². The average molecular weight is 261 g/mol. The summed E-state index contributed by atoms with van der Waals surface area (Å²) in [4.78, 5) is 13.7. The highest BCUT2D eigenvalue weighted by Crippen LogP contribution is 2.48. The second kappa shape index (κ2) is 4.85. The Bertz CT molecular complexity index is 462. The van der Waals surface area contributed by atoms with E-state index in [1.807, 2.05) is 30.3 Å². The van der Waals surface area contributed by atoms with Gasteiger partial charge in [-0.25, -0.2) is 4.79 Å². The second-order valence-electron chi connectivity index (χ2n) is 5.63. The first kappa shape index (κ1) is 12.5. The van der Waals surface area contributed by atoms with Crippen LogP contribution in [0.1, 0.15) is 24.8 Å². The van der Waals surface area contributed by atoms with Crippen LogP contribution in [0.2, 0.25) is 0 Å². The van der Waals surface area contributed by atoms with Crippen molar-refractivity contribution in [1.82, 2.24) is 4.90 Å². The number of rotatable bonds is 2. The number of hydrogen-bond acceptors (Lipinski definition) is 3. The number of carbonyl (C=O) groups excluding carboxylic acids is 1. The molecule has 0 bridgehead atoms. The molecular formula is C15H19NO3. The number of aliphatic hydroxyl groups is 1. The summed E-state index contributed by atoms with van der Waals surface area (Å²) in [5, 5.41) is 9.83. The molecule has 0 aromatic heterocycles. The SMILES string of the molecule is O=C(OCc1ccccc1)N1CCC2(CCC2O)C1. The van der Waals surface area contributed by atoms with Gasteiger partial charge in [0.05, 0.1) is 6.10 Å². The molecular weight excluding hydrogens is 242 g/mol. The van der Waals surface area contributed by atoms with E-state index in [-0.39, 0.29) is 17.6 Å². The van der Waals surface area contributed by atoms with Gasteiger partial charge in [0.25, 0.3) is 0 Å². The highest BCUT2D eigenvalue weighted by atomic mass is 16.6. The van der Waals surface area contributed by atoms with Crippen LogP contribution in [-0.2, 0) is 11.3 Å². The number of amides is 1. The third kappa shape index (κ3) is 2.32. The van der Waals surface area contributed by atoms with Crippen LogP contribution < -0.4 is 0 Å². The molecule has 1 aliphatic heterocycles. The number of hydrogen-bond donors (Lipinski definition) is 1. The molecule has 4 nitrogen and oxygen atoms in total. The molecule has 1 amide bonds. The molecule has 1 N–H and O–H groups in total. The van der Waals surface area contributed by atoms with Crippen LogP contribution in [-0.4, -0.2) is 35.3 Å². The molecule has 1 aromatic carbocycles. The Labute approximate surface area is 113 Å². The van der Waals surface area contributed by atoms with Gasteiger partial charge in [0.2, 0.25) is 0 Å². The lowest BCUT2D eigenvalue weighted by molar-refractivity contribution is -0.0560. The number of aliphatic hydroxyl groups excluding tert-OH is 1. The Morgan fingerprint density at radius 2 is 2.16 bits per heavy atom. The quantitative estimate of drug-likeness (QED) is 0.887. The van der Waals surface area contributed by atoms with Crippen molar-refractivity contribution in [2.45, 2.75) is 32.0 Å². The minimum Gasteiger partial charge on any atom is -0.445 e. The Morgan fingerprint density at radius 3 is 2.74 bits per heavy atom. The van der Waals surface area contributed by atoms with E-state index in [0.717, 1.165) is 24.8 Å². The summed E-state index contributed by atoms with van der Waals surface area (Å²) in [6.45, 7) is 1.65. The summed E-state index contributed by atoms with van der Waals surface area (Å²) < 4.78 is 5.31. The molecule has 1 spiro atoms. The molecule has 0 radical (unpaired) electrons. The van der Waals surface area contributed by atoms with E-state index < -0.39 is 0 Å². The maximum absolute atomic E-state index is 12.0. The smallest absolute Gasteiger partial charge is 0.410 e. The summed E-state index contributed by atoms with van der Waals surface area (Å²) in [6, 6.07) is 9.67. The molecule has 1 aliphatic carbocycles. The van der Waals surface area contributed by atoms with Crippen LogP contribution in [0.5, 0.6) is 0 Å². The number of likely N-dealkylation sites (tertiary alicyclic amines) is 1. The maximum atomic E-state index is 12.0. The molecule has 1 aromatic rings. The lowest BCUT2D eigenvalue weighted by Gasteiger charge is -2.43. The van der Waals surface area contributed by atoms with Crippen LogP contribution in [0.25, 0.3) is 0 Å². The van der Waals surface area contributed by atoms with Crippen molar-refractivity contribution in [2.24, 2.45) is 5.41 Å². The van der Waals surface area contributed by atoms with Crippen LogP contribution in [0, 0.1) is 5.41 Å². The summed E-state index contributed by atoms with van der Waals surface area (Å²) in [6.07, 6.45) is 2.29. The van der Waals surface area contributed by atoms with Gasteiger partial charge >= 0.3 is 6.09 Å². The molecule has 2 atom stereocenters. The van der Waals surface area contributed by atoms with Crippen molar-refractivity contribution >= 4 is 6.09 Å². The van der Waals surface area contributed by atoms with Gasteiger partial charge in [0.1, 0.15) is 6.61 Å². The zero-order chi connectivity index (χ0) is 13.3. The highest BCUT2D eigenvalue weighted by molar-refractivity contribution is 5.68. The third-order valence-corrected chi connectivity index (χ3v) is 4.47. The van der Waals surface area contributed by atoms with Crippen molar-refractivity contribution < 1.29 is 14.6 Å². The van der Waals surface area contributed by atoms with Crippen LogP contribution in [0.3, 0.4) is 0 Å². The van der Waals surface area contributed by atoms with Gasteiger partial charge in [0.15, 0.2) is 0 Å². The highest BCUT2D eigenvalue weighted by Gasteiger charge is 2.51. The fraction of sp³-hybridized carbons (Fsp3) is 0.533. The lowest BCUT2D eigenvalue weighted by atomic mass is 9.66. The predicted molar refractivity (Wildman–Crippen MR) is 70.5 cm³/mol. The Hall–Kier alpha value is -1.55. The van der Waals surface area contributed by atoms with Gasteiger partial charge in [-0.1, -0.05) is 30.3 Å². The normalized spacial score (nSPS) is 29.3. The average Bonchev–Trinajstić information content (AvgIpc) is 2.92. The predicted octanol–water partition coefficient (Wildman–Crippen LogP) is 2.17. The van der Waals surface area contributed by atoms with Gasteiger partial charge in [-0.3, -0.25) is 0 Å². The van der Waals surface area contributed by atoms with Crippen molar-refractivity contribution in [3.05, 3.63) is 35.9 Å². The summed E-state index contributed by atoms with van der Waals surface area (Å²) in [5.41, 5.74) is 0.958. The number of carbonyl (C=O) groups is 1. The minimum absolute atomic E-state index is 0.0359. The zero-order valence-corrected chi connectivity index (χ0v) is 10.9. The third-order valence-electron chi connectivity index (χ3n) is 4.47. The minimum atomic E-state index is -0.264. The molecule has 2 aliphatic rings. The van der Waals surface area contributed by atoms with E-state index in [1.165, 1.54) is 0 Å². The first-order chi connectivity index (χ1) is 9.20. The van der Waals surface area contributed by atoms with E-state index >= 15 is 0 Å². The number of nitrogens with zero attached hydrogens (tertiary/aromatic N) is 1. The molecule has 2 unspecified atom stereocenters. The first-order valence-corrected chi connectivity index (χ1v) is 6.83. The van der Waals surface area contributed by atoms with Crippen LogP contribution in [0.4, 0.5) is 4.79 Å². The number of benzene rings is 1. The zero-order valence-electron chi connectivity index (χ0n) is 10.9. The topological polar surface area (TPSA) is 49.8 Å². The fourth-order valence-electron chi connectivity index (χ4n) is 3.02. The van der Waals surface area contributed by atoms with Gasteiger partial charge in [-0.05, 0) is 24.8 Å². The fourth-order valence-corrected chi connectivity index (χ4v) is 3.02. The summed E-state index contributed by atoms with van der Waals surface area (Å²) in [7, 11) is 0. The Morgan fingerprint density at radius 1 is 1.37 bits per heavy atom. The van der Waals surface area contributed by atoms with Crippen molar-refractivity contribution in [3.8, 4) is 0 Å². The lowest BCUT2D eigenvalue weighted by Crippen LogP contribution is -2.47. The summed E-state index contributed by atoms with van der Waals surface area (Å²) in [5.74, 6) is 0. The van der Waals surface area contributed by atoms with Crippen LogP contribution >= 0.6 is 0 Å². The summed E-state index contributed by atoms with van der Waals surface area (Å²) >= 11 is 0. The Kier molecular flexibility index (Phi) is 3.19. The first-order valence-electron chi connectivity index (χ1n) is 6.83. The van der Waals surface area contributed by atoms with Crippen molar-refractivity contribution in [2.75, 3.05) is 13.1 Å². The number of ether oxygens (including phenoxy) is 1. The van der Waals surface area contributed by atoms with E-state index in [4.69, 9.17) is 4.74 Å². The largest absolute Gasteiger partial charge is 0.445 e. The van der Waals surface area contributed by atoms with Gasteiger partial charge in [-0.2, -0.15) is 0 Å². The van der Waals surface area contributed by atoms with E-state index in [1.54, 1.807) is 4.90 Å². The van der Waals surface area contributed by atoms with E-state index in [9.17, 15) is 9.90 Å². The van der Waals surface area contributed by atoms with Crippen molar-refractivity contribution in [1.29, 1.82) is 0 Å². The molecule has 102 valence electrons.